The van der Waals surface area contributed by atoms with Gasteiger partial charge >= 0.3 is 0 Å². The molecule has 0 amide bonds. The molecule has 19 heavy (non-hydrogen) atoms. The minimum atomic E-state index is 0.134. The van der Waals surface area contributed by atoms with E-state index in [4.69, 9.17) is 4.98 Å². The summed E-state index contributed by atoms with van der Waals surface area (Å²) in [7, 11) is 0. The minimum Gasteiger partial charge on any atom is -0.331 e. The van der Waals surface area contributed by atoms with Crippen molar-refractivity contribution in [3.05, 3.63) is 17.2 Å². The Morgan fingerprint density at radius 2 is 2.05 bits per heavy atom. The molecule has 0 aliphatic carbocycles. The van der Waals surface area contributed by atoms with Gasteiger partial charge in [-0.15, -0.1) is 0 Å². The highest BCUT2D eigenvalue weighted by molar-refractivity contribution is 5.23. The molecule has 0 saturated carbocycles. The number of aromatic nitrogens is 2. The van der Waals surface area contributed by atoms with E-state index in [0.29, 0.717) is 0 Å². The summed E-state index contributed by atoms with van der Waals surface area (Å²) in [5, 5.41) is 3.43. The lowest BCUT2D eigenvalue weighted by molar-refractivity contribution is 0.453. The van der Waals surface area contributed by atoms with Crippen LogP contribution in [0.25, 0.3) is 0 Å². The molecule has 108 valence electrons. The lowest BCUT2D eigenvalue weighted by Gasteiger charge is -2.22. The Labute approximate surface area is 117 Å². The van der Waals surface area contributed by atoms with Crippen molar-refractivity contribution < 1.29 is 0 Å². The number of hydrogen-bond acceptors (Lipinski definition) is 2. The van der Waals surface area contributed by atoms with E-state index in [1.807, 2.05) is 0 Å². The smallest absolute Gasteiger partial charge is 0.114 e. The van der Waals surface area contributed by atoms with Crippen LogP contribution >= 0.6 is 0 Å². The summed E-state index contributed by atoms with van der Waals surface area (Å²) in [6.45, 7) is 14.6. The quantitative estimate of drug-likeness (QED) is 0.903. The second-order valence-electron chi connectivity index (χ2n) is 7.19. The van der Waals surface area contributed by atoms with Crippen molar-refractivity contribution in [2.24, 2.45) is 5.92 Å². The molecule has 0 atom stereocenters. The second-order valence-corrected chi connectivity index (χ2v) is 7.19. The zero-order valence-electron chi connectivity index (χ0n) is 13.2. The molecular weight excluding hydrogens is 234 g/mol. The Bertz CT molecular complexity index is 424. The first kappa shape index (κ1) is 14.6. The van der Waals surface area contributed by atoms with Crippen LogP contribution in [-0.2, 0) is 24.9 Å². The molecule has 1 aromatic heterocycles. The molecule has 0 saturated heterocycles. The van der Waals surface area contributed by atoms with Crippen molar-refractivity contribution in [3.8, 4) is 0 Å². The molecular formula is C16H29N3. The Morgan fingerprint density at radius 1 is 1.32 bits per heavy atom. The monoisotopic (exact) mass is 263 g/mol. The first-order valence-electron chi connectivity index (χ1n) is 7.69. The molecule has 0 spiro atoms. The SMILES string of the molecule is CC(C)CCCn1c(C(C)(C)C)nc2c1CCNC2. The Balaban J connectivity index is 2.25. The highest BCUT2D eigenvalue weighted by atomic mass is 15.1. The average Bonchev–Trinajstić information content (AvgIpc) is 2.68. The van der Waals surface area contributed by atoms with Crippen LogP contribution in [0.2, 0.25) is 0 Å². The fourth-order valence-electron chi connectivity index (χ4n) is 2.84. The molecule has 3 nitrogen and oxygen atoms in total. The van der Waals surface area contributed by atoms with Crippen molar-refractivity contribution in [2.45, 2.75) is 72.4 Å². The molecule has 2 rings (SSSR count). The van der Waals surface area contributed by atoms with Crippen LogP contribution in [0.15, 0.2) is 0 Å². The van der Waals surface area contributed by atoms with E-state index in [0.717, 1.165) is 32.0 Å². The lowest BCUT2D eigenvalue weighted by atomic mass is 9.95. The molecule has 1 aliphatic heterocycles. The van der Waals surface area contributed by atoms with Gasteiger partial charge in [0.1, 0.15) is 5.82 Å². The van der Waals surface area contributed by atoms with Gasteiger partial charge < -0.3 is 9.88 Å². The Morgan fingerprint density at radius 3 is 2.68 bits per heavy atom. The highest BCUT2D eigenvalue weighted by Crippen LogP contribution is 2.27. The maximum absolute atomic E-state index is 4.92. The van der Waals surface area contributed by atoms with E-state index < -0.39 is 0 Å². The first-order chi connectivity index (χ1) is 8.89. The van der Waals surface area contributed by atoms with Gasteiger partial charge in [0.25, 0.3) is 0 Å². The van der Waals surface area contributed by atoms with Crippen molar-refractivity contribution in [2.75, 3.05) is 6.54 Å². The molecule has 3 heteroatoms. The maximum atomic E-state index is 4.92. The predicted octanol–water partition coefficient (Wildman–Crippen LogP) is 3.26. The number of nitrogens with one attached hydrogen (secondary N) is 1. The topological polar surface area (TPSA) is 29.9 Å². The van der Waals surface area contributed by atoms with Gasteiger partial charge in [0.15, 0.2) is 0 Å². The van der Waals surface area contributed by atoms with E-state index in [1.54, 1.807) is 0 Å². The summed E-state index contributed by atoms with van der Waals surface area (Å²) >= 11 is 0. The molecule has 1 N–H and O–H groups in total. The molecule has 0 aromatic carbocycles. The van der Waals surface area contributed by atoms with E-state index in [1.165, 1.54) is 30.1 Å². The third-order valence-electron chi connectivity index (χ3n) is 3.82. The van der Waals surface area contributed by atoms with Gasteiger partial charge in [0.05, 0.1) is 5.69 Å². The normalized spacial score (nSPS) is 15.9. The molecule has 1 aromatic rings. The van der Waals surface area contributed by atoms with E-state index in [-0.39, 0.29) is 5.41 Å². The van der Waals surface area contributed by atoms with E-state index >= 15 is 0 Å². The summed E-state index contributed by atoms with van der Waals surface area (Å²) in [5.41, 5.74) is 2.89. The summed E-state index contributed by atoms with van der Waals surface area (Å²) < 4.78 is 2.51. The van der Waals surface area contributed by atoms with Gasteiger partial charge in [-0.1, -0.05) is 34.6 Å². The van der Waals surface area contributed by atoms with Gasteiger partial charge in [0.2, 0.25) is 0 Å². The van der Waals surface area contributed by atoms with Crippen LogP contribution in [0.1, 0.15) is 64.7 Å². The molecule has 1 aliphatic rings. The fourth-order valence-corrected chi connectivity index (χ4v) is 2.84. The third kappa shape index (κ3) is 3.38. The van der Waals surface area contributed by atoms with Gasteiger partial charge in [0, 0.05) is 37.2 Å². The Hall–Kier alpha value is -0.830. The Kier molecular flexibility index (Phi) is 4.34. The average molecular weight is 263 g/mol. The van der Waals surface area contributed by atoms with Gasteiger partial charge in [-0.05, 0) is 18.8 Å². The fraction of sp³-hybridized carbons (Fsp3) is 0.812. The van der Waals surface area contributed by atoms with Crippen molar-refractivity contribution >= 4 is 0 Å². The number of rotatable bonds is 4. The highest BCUT2D eigenvalue weighted by Gasteiger charge is 2.26. The minimum absolute atomic E-state index is 0.134. The number of fused-ring (bicyclic) bond motifs is 1. The molecule has 0 bridgehead atoms. The first-order valence-corrected chi connectivity index (χ1v) is 7.69. The molecule has 0 radical (unpaired) electrons. The number of imidazole rings is 1. The van der Waals surface area contributed by atoms with Crippen LogP contribution in [-0.4, -0.2) is 16.1 Å². The van der Waals surface area contributed by atoms with Crippen molar-refractivity contribution in [3.63, 3.8) is 0 Å². The number of nitrogens with zero attached hydrogens (tertiary/aromatic N) is 2. The summed E-state index contributed by atoms with van der Waals surface area (Å²) in [4.78, 5) is 4.92. The van der Waals surface area contributed by atoms with Crippen LogP contribution < -0.4 is 5.32 Å². The van der Waals surface area contributed by atoms with E-state index in [9.17, 15) is 0 Å². The van der Waals surface area contributed by atoms with Gasteiger partial charge in [-0.25, -0.2) is 4.98 Å². The van der Waals surface area contributed by atoms with Crippen molar-refractivity contribution in [1.82, 2.24) is 14.9 Å². The van der Waals surface area contributed by atoms with Gasteiger partial charge in [-0.2, -0.15) is 0 Å². The van der Waals surface area contributed by atoms with Crippen LogP contribution in [0, 0.1) is 5.92 Å². The van der Waals surface area contributed by atoms with Crippen molar-refractivity contribution in [1.29, 1.82) is 0 Å². The molecule has 0 fully saturated rings. The van der Waals surface area contributed by atoms with Crippen LogP contribution in [0.5, 0.6) is 0 Å². The van der Waals surface area contributed by atoms with E-state index in [2.05, 4.69) is 44.5 Å². The summed E-state index contributed by atoms with van der Waals surface area (Å²) in [6.07, 6.45) is 3.69. The van der Waals surface area contributed by atoms with Crippen LogP contribution in [0.3, 0.4) is 0 Å². The van der Waals surface area contributed by atoms with Crippen LogP contribution in [0.4, 0.5) is 0 Å². The second kappa shape index (κ2) is 5.66. The standard InChI is InChI=1S/C16H29N3/c1-12(2)7-6-10-19-14-8-9-17-11-13(14)18-15(19)16(3,4)5/h12,17H,6-11H2,1-5H3. The van der Waals surface area contributed by atoms with Gasteiger partial charge in [-0.3, -0.25) is 0 Å². The largest absolute Gasteiger partial charge is 0.331 e. The zero-order valence-corrected chi connectivity index (χ0v) is 13.2. The molecule has 2 heterocycles. The predicted molar refractivity (Wildman–Crippen MR) is 80.4 cm³/mol. The third-order valence-corrected chi connectivity index (χ3v) is 3.82. The molecule has 0 unspecified atom stereocenters. The summed E-state index contributed by atoms with van der Waals surface area (Å²) in [5.74, 6) is 2.06. The number of hydrogen-bond donors (Lipinski definition) is 1. The lowest BCUT2D eigenvalue weighted by Crippen LogP contribution is -2.25. The zero-order chi connectivity index (χ0) is 14.0. The summed E-state index contributed by atoms with van der Waals surface area (Å²) in [6, 6.07) is 0. The maximum Gasteiger partial charge on any atom is 0.114 e.